The molecule has 0 saturated heterocycles. The SMILES string of the molecule is CCc1ccc(Cn2nc(N)cc2C)s1. The van der Waals surface area contributed by atoms with Gasteiger partial charge < -0.3 is 5.73 Å². The van der Waals surface area contributed by atoms with Crippen molar-refractivity contribution < 1.29 is 0 Å². The third kappa shape index (κ3) is 2.21. The Hall–Kier alpha value is -1.29. The minimum Gasteiger partial charge on any atom is -0.382 e. The second-order valence-corrected chi connectivity index (χ2v) is 4.84. The number of aryl methyl sites for hydroxylation is 2. The molecule has 0 spiro atoms. The van der Waals surface area contributed by atoms with Crippen molar-refractivity contribution in [2.24, 2.45) is 0 Å². The van der Waals surface area contributed by atoms with Crippen LogP contribution in [0.1, 0.15) is 22.4 Å². The van der Waals surface area contributed by atoms with Gasteiger partial charge in [0.2, 0.25) is 0 Å². The molecule has 2 rings (SSSR count). The van der Waals surface area contributed by atoms with Crippen molar-refractivity contribution in [3.63, 3.8) is 0 Å². The van der Waals surface area contributed by atoms with Crippen LogP contribution in [0.5, 0.6) is 0 Å². The van der Waals surface area contributed by atoms with Crippen LogP contribution in [0.15, 0.2) is 18.2 Å². The lowest BCUT2D eigenvalue weighted by Crippen LogP contribution is -2.02. The number of nitrogen functional groups attached to an aromatic ring is 1. The second-order valence-electron chi connectivity index (χ2n) is 3.59. The van der Waals surface area contributed by atoms with Gasteiger partial charge in [-0.1, -0.05) is 6.92 Å². The number of hydrogen-bond donors (Lipinski definition) is 1. The number of thiophene rings is 1. The summed E-state index contributed by atoms with van der Waals surface area (Å²) in [5, 5.41) is 4.24. The second kappa shape index (κ2) is 4.06. The van der Waals surface area contributed by atoms with Gasteiger partial charge in [-0.05, 0) is 25.5 Å². The Bertz CT molecular complexity index is 456. The molecule has 0 radical (unpaired) electrons. The maximum atomic E-state index is 5.64. The molecular formula is C11H15N3S. The number of aromatic nitrogens is 2. The molecule has 2 aromatic heterocycles. The van der Waals surface area contributed by atoms with Gasteiger partial charge >= 0.3 is 0 Å². The van der Waals surface area contributed by atoms with E-state index in [2.05, 4.69) is 24.2 Å². The molecule has 3 nitrogen and oxygen atoms in total. The lowest BCUT2D eigenvalue weighted by molar-refractivity contribution is 0.675. The minimum atomic E-state index is 0.597. The van der Waals surface area contributed by atoms with Crippen LogP contribution in [0.4, 0.5) is 5.82 Å². The molecule has 15 heavy (non-hydrogen) atoms. The molecule has 0 fully saturated rings. The van der Waals surface area contributed by atoms with Crippen molar-refractivity contribution in [3.8, 4) is 0 Å². The normalized spacial score (nSPS) is 10.8. The lowest BCUT2D eigenvalue weighted by Gasteiger charge is -2.00. The molecule has 0 aliphatic carbocycles. The van der Waals surface area contributed by atoms with Gasteiger partial charge in [0.1, 0.15) is 5.82 Å². The summed E-state index contributed by atoms with van der Waals surface area (Å²) in [6.07, 6.45) is 1.10. The van der Waals surface area contributed by atoms with Gasteiger partial charge in [-0.25, -0.2) is 0 Å². The zero-order valence-electron chi connectivity index (χ0n) is 9.03. The largest absolute Gasteiger partial charge is 0.382 e. The van der Waals surface area contributed by atoms with Crippen molar-refractivity contribution >= 4 is 17.2 Å². The van der Waals surface area contributed by atoms with Crippen LogP contribution in [-0.4, -0.2) is 9.78 Å². The van der Waals surface area contributed by atoms with Crippen LogP contribution < -0.4 is 5.73 Å². The predicted octanol–water partition coefficient (Wildman–Crippen LogP) is 2.45. The molecule has 2 N–H and O–H groups in total. The minimum absolute atomic E-state index is 0.597. The Labute approximate surface area is 93.5 Å². The highest BCUT2D eigenvalue weighted by Crippen LogP contribution is 2.18. The first-order valence-electron chi connectivity index (χ1n) is 5.06. The number of nitrogens with two attached hydrogens (primary N) is 1. The Morgan fingerprint density at radius 3 is 2.67 bits per heavy atom. The van der Waals surface area contributed by atoms with Crippen molar-refractivity contribution in [2.45, 2.75) is 26.8 Å². The third-order valence-electron chi connectivity index (χ3n) is 2.37. The zero-order valence-corrected chi connectivity index (χ0v) is 9.84. The molecule has 80 valence electrons. The molecule has 4 heteroatoms. The first kappa shape index (κ1) is 10.2. The number of anilines is 1. The van der Waals surface area contributed by atoms with Gasteiger partial charge in [0.15, 0.2) is 0 Å². The van der Waals surface area contributed by atoms with Crippen molar-refractivity contribution in [1.82, 2.24) is 9.78 Å². The van der Waals surface area contributed by atoms with E-state index in [1.54, 1.807) is 0 Å². The molecule has 0 atom stereocenters. The zero-order chi connectivity index (χ0) is 10.8. The molecule has 0 bridgehead atoms. The summed E-state index contributed by atoms with van der Waals surface area (Å²) in [6.45, 7) is 5.03. The Balaban J connectivity index is 2.17. The van der Waals surface area contributed by atoms with E-state index in [9.17, 15) is 0 Å². The standard InChI is InChI=1S/C11H15N3S/c1-3-9-4-5-10(15-9)7-14-8(2)6-11(12)13-14/h4-6H,3,7H2,1-2H3,(H2,12,13). The quantitative estimate of drug-likeness (QED) is 0.865. The first-order valence-corrected chi connectivity index (χ1v) is 5.88. The van der Waals surface area contributed by atoms with E-state index in [1.807, 2.05) is 29.0 Å². The van der Waals surface area contributed by atoms with Crippen molar-refractivity contribution in [1.29, 1.82) is 0 Å². The predicted molar refractivity (Wildman–Crippen MR) is 64.2 cm³/mol. The van der Waals surface area contributed by atoms with Gasteiger partial charge in [-0.3, -0.25) is 4.68 Å². The molecule has 0 aliphatic rings. The van der Waals surface area contributed by atoms with E-state index in [-0.39, 0.29) is 0 Å². The highest BCUT2D eigenvalue weighted by molar-refractivity contribution is 7.11. The third-order valence-corrected chi connectivity index (χ3v) is 3.59. The Morgan fingerprint density at radius 1 is 1.40 bits per heavy atom. The van der Waals surface area contributed by atoms with Gasteiger partial charge in [-0.2, -0.15) is 5.10 Å². The van der Waals surface area contributed by atoms with E-state index < -0.39 is 0 Å². The van der Waals surface area contributed by atoms with Crippen molar-refractivity contribution in [3.05, 3.63) is 33.6 Å². The van der Waals surface area contributed by atoms with Gasteiger partial charge in [0.05, 0.1) is 6.54 Å². The van der Waals surface area contributed by atoms with Crippen LogP contribution in [0.3, 0.4) is 0 Å². The van der Waals surface area contributed by atoms with E-state index in [0.717, 1.165) is 18.7 Å². The molecule has 2 aromatic rings. The van der Waals surface area contributed by atoms with E-state index in [0.29, 0.717) is 5.82 Å². The molecule has 0 unspecified atom stereocenters. The maximum Gasteiger partial charge on any atom is 0.145 e. The summed E-state index contributed by atoms with van der Waals surface area (Å²) in [5.74, 6) is 0.597. The Morgan fingerprint density at radius 2 is 2.13 bits per heavy atom. The van der Waals surface area contributed by atoms with E-state index in [1.165, 1.54) is 9.75 Å². The van der Waals surface area contributed by atoms with E-state index in [4.69, 9.17) is 5.73 Å². The molecule has 0 aromatic carbocycles. The summed E-state index contributed by atoms with van der Waals surface area (Å²) in [5.41, 5.74) is 6.75. The van der Waals surface area contributed by atoms with Gasteiger partial charge in [0.25, 0.3) is 0 Å². The number of hydrogen-bond acceptors (Lipinski definition) is 3. The van der Waals surface area contributed by atoms with Crippen LogP contribution in [-0.2, 0) is 13.0 Å². The van der Waals surface area contributed by atoms with E-state index >= 15 is 0 Å². The number of rotatable bonds is 3. The number of nitrogens with zero attached hydrogens (tertiary/aromatic N) is 2. The fourth-order valence-corrected chi connectivity index (χ4v) is 2.48. The average molecular weight is 221 g/mol. The fraction of sp³-hybridized carbons (Fsp3) is 0.364. The lowest BCUT2D eigenvalue weighted by atomic mass is 10.3. The summed E-state index contributed by atoms with van der Waals surface area (Å²) in [4.78, 5) is 2.75. The summed E-state index contributed by atoms with van der Waals surface area (Å²) in [7, 11) is 0. The van der Waals surface area contributed by atoms with Gasteiger partial charge in [0, 0.05) is 21.5 Å². The Kier molecular flexibility index (Phi) is 2.77. The van der Waals surface area contributed by atoms with Crippen LogP contribution >= 0.6 is 11.3 Å². The monoisotopic (exact) mass is 221 g/mol. The molecule has 2 heterocycles. The van der Waals surface area contributed by atoms with Crippen LogP contribution in [0, 0.1) is 6.92 Å². The van der Waals surface area contributed by atoms with Crippen LogP contribution in [0.2, 0.25) is 0 Å². The molecule has 0 amide bonds. The first-order chi connectivity index (χ1) is 7.19. The smallest absolute Gasteiger partial charge is 0.145 e. The summed E-state index contributed by atoms with van der Waals surface area (Å²) >= 11 is 1.84. The van der Waals surface area contributed by atoms with Crippen molar-refractivity contribution in [2.75, 3.05) is 5.73 Å². The molecule has 0 aliphatic heterocycles. The molecular weight excluding hydrogens is 206 g/mol. The highest BCUT2D eigenvalue weighted by atomic mass is 32.1. The van der Waals surface area contributed by atoms with Gasteiger partial charge in [-0.15, -0.1) is 11.3 Å². The summed E-state index contributed by atoms with van der Waals surface area (Å²) in [6, 6.07) is 6.25. The topological polar surface area (TPSA) is 43.8 Å². The summed E-state index contributed by atoms with van der Waals surface area (Å²) < 4.78 is 1.95. The average Bonchev–Trinajstić information content (AvgIpc) is 2.75. The molecule has 0 saturated carbocycles. The van der Waals surface area contributed by atoms with Crippen LogP contribution in [0.25, 0.3) is 0 Å². The highest BCUT2D eigenvalue weighted by Gasteiger charge is 2.04. The maximum absolute atomic E-state index is 5.64. The fourth-order valence-electron chi connectivity index (χ4n) is 1.54.